The van der Waals surface area contributed by atoms with Crippen LogP contribution in [0.5, 0.6) is 0 Å². The normalized spacial score (nSPS) is 11.5. The van der Waals surface area contributed by atoms with E-state index in [0.717, 1.165) is 45.6 Å². The van der Waals surface area contributed by atoms with Crippen LogP contribution in [0, 0.1) is 0 Å². The van der Waals surface area contributed by atoms with Gasteiger partial charge < -0.3 is 9.32 Å². The first-order chi connectivity index (χ1) is 21.4. The minimum Gasteiger partial charge on any atom is -0.416 e. The SMILES string of the molecule is CC(C)(C)c1ccc(-c2nnc(-c3ccc(/C=C/c4ccc(N(c5ccccc5)c5ccc(C=O)cc5)cc4)cc3)o2)cc1. The van der Waals surface area contributed by atoms with Crippen molar-refractivity contribution in [2.75, 3.05) is 4.90 Å². The fourth-order valence-electron chi connectivity index (χ4n) is 4.96. The Morgan fingerprint density at radius 3 is 1.45 bits per heavy atom. The van der Waals surface area contributed by atoms with Crippen LogP contribution < -0.4 is 4.90 Å². The molecular weight excluding hydrogens is 542 g/mol. The number of hydrogen-bond acceptors (Lipinski definition) is 5. The van der Waals surface area contributed by atoms with E-state index in [1.165, 1.54) is 5.56 Å². The molecule has 6 rings (SSSR count). The molecule has 0 aliphatic carbocycles. The molecule has 0 saturated heterocycles. The first-order valence-corrected chi connectivity index (χ1v) is 14.6. The summed E-state index contributed by atoms with van der Waals surface area (Å²) < 4.78 is 6.00. The molecule has 0 saturated carbocycles. The third-order valence-electron chi connectivity index (χ3n) is 7.50. The van der Waals surface area contributed by atoms with E-state index in [0.29, 0.717) is 17.3 Å². The Morgan fingerprint density at radius 2 is 0.977 bits per heavy atom. The largest absolute Gasteiger partial charge is 0.416 e. The highest BCUT2D eigenvalue weighted by Crippen LogP contribution is 2.34. The van der Waals surface area contributed by atoms with Crippen molar-refractivity contribution in [2.45, 2.75) is 26.2 Å². The van der Waals surface area contributed by atoms with Crippen molar-refractivity contribution in [1.82, 2.24) is 10.2 Å². The molecule has 0 atom stereocenters. The Morgan fingerprint density at radius 1 is 0.545 bits per heavy atom. The monoisotopic (exact) mass is 575 g/mol. The Hall–Kier alpha value is -5.55. The quantitative estimate of drug-likeness (QED) is 0.133. The second-order valence-corrected chi connectivity index (χ2v) is 11.7. The van der Waals surface area contributed by atoms with Crippen molar-refractivity contribution in [3.8, 4) is 22.9 Å². The number of carbonyl (C=O) groups excluding carboxylic acids is 1. The van der Waals surface area contributed by atoms with E-state index in [2.05, 4.69) is 96.6 Å². The predicted molar refractivity (Wildman–Crippen MR) is 179 cm³/mol. The second-order valence-electron chi connectivity index (χ2n) is 11.7. The van der Waals surface area contributed by atoms with Crippen LogP contribution in [0.4, 0.5) is 17.1 Å². The lowest BCUT2D eigenvalue weighted by molar-refractivity contribution is 0.112. The highest BCUT2D eigenvalue weighted by atomic mass is 16.4. The predicted octanol–water partition coefficient (Wildman–Crippen LogP) is 10.2. The van der Waals surface area contributed by atoms with Crippen molar-refractivity contribution in [3.05, 3.63) is 150 Å². The Kier molecular flexibility index (Phi) is 8.02. The number of carbonyl (C=O) groups is 1. The maximum absolute atomic E-state index is 11.2. The van der Waals surface area contributed by atoms with Crippen molar-refractivity contribution < 1.29 is 9.21 Å². The molecule has 0 aliphatic rings. The fourth-order valence-corrected chi connectivity index (χ4v) is 4.96. The summed E-state index contributed by atoms with van der Waals surface area (Å²) in [6.45, 7) is 6.59. The van der Waals surface area contributed by atoms with Crippen molar-refractivity contribution in [2.24, 2.45) is 0 Å². The van der Waals surface area contributed by atoms with Crippen LogP contribution in [-0.4, -0.2) is 16.5 Å². The van der Waals surface area contributed by atoms with Gasteiger partial charge in [-0.1, -0.05) is 87.5 Å². The summed E-state index contributed by atoms with van der Waals surface area (Å²) in [6, 6.07) is 42.6. The van der Waals surface area contributed by atoms with Gasteiger partial charge in [0, 0.05) is 33.8 Å². The molecule has 216 valence electrons. The minimum absolute atomic E-state index is 0.0914. The van der Waals surface area contributed by atoms with Gasteiger partial charge >= 0.3 is 0 Å². The van der Waals surface area contributed by atoms with Gasteiger partial charge in [0.2, 0.25) is 11.8 Å². The number of rotatable bonds is 8. The highest BCUT2D eigenvalue weighted by Gasteiger charge is 2.15. The van der Waals surface area contributed by atoms with E-state index in [1.54, 1.807) is 0 Å². The minimum atomic E-state index is 0.0914. The standard InChI is InChI=1S/C39H33N3O2/c1-39(2,3)33-21-19-32(20-22-33)38-41-40-37(44-38)31-17-11-28(12-18-31)9-10-29-13-23-35(24-14-29)42(34-7-5-4-6-8-34)36-25-15-30(27-43)16-26-36/h4-27H,1-3H3/b10-9+. The molecule has 5 aromatic carbocycles. The van der Waals surface area contributed by atoms with E-state index in [-0.39, 0.29) is 5.41 Å². The number of nitrogens with zero attached hydrogens (tertiary/aromatic N) is 3. The van der Waals surface area contributed by atoms with Gasteiger partial charge in [0.1, 0.15) is 6.29 Å². The molecule has 0 unspecified atom stereocenters. The van der Waals surface area contributed by atoms with Crippen molar-refractivity contribution >= 4 is 35.5 Å². The van der Waals surface area contributed by atoms with Gasteiger partial charge in [-0.3, -0.25) is 4.79 Å². The van der Waals surface area contributed by atoms with Crippen LogP contribution in [0.2, 0.25) is 0 Å². The van der Waals surface area contributed by atoms with Gasteiger partial charge in [-0.05, 0) is 94.9 Å². The van der Waals surface area contributed by atoms with Crippen LogP contribution >= 0.6 is 0 Å². The molecule has 5 nitrogen and oxygen atoms in total. The maximum Gasteiger partial charge on any atom is 0.248 e. The molecule has 0 spiro atoms. The van der Waals surface area contributed by atoms with E-state index < -0.39 is 0 Å². The Balaban J connectivity index is 1.15. The molecular formula is C39H33N3O2. The molecule has 0 bridgehead atoms. The molecule has 1 heterocycles. The summed E-state index contributed by atoms with van der Waals surface area (Å²) in [7, 11) is 0. The summed E-state index contributed by atoms with van der Waals surface area (Å²) >= 11 is 0. The third kappa shape index (κ3) is 6.42. The molecule has 0 amide bonds. The van der Waals surface area contributed by atoms with E-state index >= 15 is 0 Å². The number of anilines is 3. The van der Waals surface area contributed by atoms with Crippen LogP contribution in [0.1, 0.15) is 47.8 Å². The van der Waals surface area contributed by atoms with Crippen LogP contribution in [0.15, 0.2) is 132 Å². The fraction of sp³-hybridized carbons (Fsp3) is 0.103. The summed E-state index contributed by atoms with van der Waals surface area (Å²) in [5.74, 6) is 1.01. The summed E-state index contributed by atoms with van der Waals surface area (Å²) in [6.07, 6.45) is 5.04. The first kappa shape index (κ1) is 28.6. The lowest BCUT2D eigenvalue weighted by Gasteiger charge is -2.25. The maximum atomic E-state index is 11.2. The molecule has 0 N–H and O–H groups in total. The zero-order valence-corrected chi connectivity index (χ0v) is 25.0. The number of aromatic nitrogens is 2. The second kappa shape index (κ2) is 12.4. The number of para-hydroxylation sites is 1. The zero-order chi connectivity index (χ0) is 30.5. The number of aldehydes is 1. The molecule has 0 fully saturated rings. The smallest absolute Gasteiger partial charge is 0.248 e. The third-order valence-corrected chi connectivity index (χ3v) is 7.50. The van der Waals surface area contributed by atoms with Crippen LogP contribution in [-0.2, 0) is 5.41 Å². The Labute approximate surface area is 258 Å². The van der Waals surface area contributed by atoms with E-state index in [9.17, 15) is 4.79 Å². The van der Waals surface area contributed by atoms with Crippen molar-refractivity contribution in [1.29, 1.82) is 0 Å². The lowest BCUT2D eigenvalue weighted by Crippen LogP contribution is -2.10. The van der Waals surface area contributed by atoms with Gasteiger partial charge in [0.25, 0.3) is 0 Å². The number of benzene rings is 5. The summed E-state index contributed by atoms with van der Waals surface area (Å²) in [4.78, 5) is 13.3. The van der Waals surface area contributed by atoms with Gasteiger partial charge in [0.05, 0.1) is 0 Å². The molecule has 0 radical (unpaired) electrons. The van der Waals surface area contributed by atoms with Crippen molar-refractivity contribution in [3.63, 3.8) is 0 Å². The van der Waals surface area contributed by atoms with E-state index in [1.807, 2.05) is 78.9 Å². The first-order valence-electron chi connectivity index (χ1n) is 14.6. The average molecular weight is 576 g/mol. The molecule has 1 aromatic heterocycles. The highest BCUT2D eigenvalue weighted by molar-refractivity contribution is 5.81. The van der Waals surface area contributed by atoms with Gasteiger partial charge in [-0.25, -0.2) is 0 Å². The molecule has 6 aromatic rings. The zero-order valence-electron chi connectivity index (χ0n) is 25.0. The molecule has 5 heteroatoms. The van der Waals surface area contributed by atoms with Crippen LogP contribution in [0.25, 0.3) is 35.1 Å². The molecule has 44 heavy (non-hydrogen) atoms. The Bertz CT molecular complexity index is 1860. The van der Waals surface area contributed by atoms with E-state index in [4.69, 9.17) is 4.42 Å². The topological polar surface area (TPSA) is 59.2 Å². The van der Waals surface area contributed by atoms with Gasteiger partial charge in [0.15, 0.2) is 0 Å². The van der Waals surface area contributed by atoms with Gasteiger partial charge in [-0.2, -0.15) is 0 Å². The number of hydrogen-bond donors (Lipinski definition) is 0. The van der Waals surface area contributed by atoms with Crippen LogP contribution in [0.3, 0.4) is 0 Å². The van der Waals surface area contributed by atoms with Gasteiger partial charge in [-0.15, -0.1) is 10.2 Å². The molecule has 0 aliphatic heterocycles. The average Bonchev–Trinajstić information content (AvgIpc) is 3.56. The lowest BCUT2D eigenvalue weighted by atomic mass is 9.87. The summed E-state index contributed by atoms with van der Waals surface area (Å²) in [5.41, 5.74) is 8.99. The summed E-state index contributed by atoms with van der Waals surface area (Å²) in [5, 5.41) is 8.55.